The third-order valence-electron chi connectivity index (χ3n) is 2.90. The van der Waals surface area contributed by atoms with E-state index in [1.165, 1.54) is 18.9 Å². The molecule has 7 nitrogen and oxygen atoms in total. The van der Waals surface area contributed by atoms with Crippen molar-refractivity contribution in [2.45, 2.75) is 51.8 Å². The van der Waals surface area contributed by atoms with Crippen LogP contribution in [0.25, 0.3) is 0 Å². The summed E-state index contributed by atoms with van der Waals surface area (Å²) < 4.78 is 9.82. The first kappa shape index (κ1) is 16.3. The maximum Gasteiger partial charge on any atom is 0.407 e. The van der Waals surface area contributed by atoms with Gasteiger partial charge in [-0.15, -0.1) is 0 Å². The van der Waals surface area contributed by atoms with Crippen molar-refractivity contribution in [3.05, 3.63) is 0 Å². The fourth-order valence-corrected chi connectivity index (χ4v) is 2.12. The summed E-state index contributed by atoms with van der Waals surface area (Å²) >= 11 is 0. The Bertz CT molecular complexity index is 402. The number of alkyl carbamates (subject to hydrolysis) is 1. The zero-order chi connectivity index (χ0) is 15.5. The van der Waals surface area contributed by atoms with Crippen molar-refractivity contribution in [1.29, 1.82) is 0 Å². The number of amides is 2. The number of carbonyl (C=O) groups is 3. The normalized spacial score (nSPS) is 22.4. The molecule has 7 heteroatoms. The molecule has 1 aliphatic rings. The Morgan fingerprint density at radius 3 is 2.30 bits per heavy atom. The van der Waals surface area contributed by atoms with E-state index in [1.807, 2.05) is 0 Å². The summed E-state index contributed by atoms with van der Waals surface area (Å²) in [5, 5.41) is 2.67. The Hall–Kier alpha value is -1.79. The van der Waals surface area contributed by atoms with Gasteiger partial charge in [-0.25, -0.2) is 9.59 Å². The molecule has 0 bridgehead atoms. The molecule has 0 aromatic heterocycles. The molecule has 1 saturated heterocycles. The van der Waals surface area contributed by atoms with Crippen molar-refractivity contribution in [1.82, 2.24) is 10.2 Å². The van der Waals surface area contributed by atoms with E-state index in [4.69, 9.17) is 4.74 Å². The molecule has 0 radical (unpaired) electrons. The molecule has 1 rings (SSSR count). The molecule has 2 atom stereocenters. The van der Waals surface area contributed by atoms with Crippen molar-refractivity contribution in [2.75, 3.05) is 13.7 Å². The van der Waals surface area contributed by atoms with Crippen LogP contribution in [0.1, 0.15) is 34.1 Å². The fourth-order valence-electron chi connectivity index (χ4n) is 2.12. The number of carbonyl (C=O) groups excluding carboxylic acids is 3. The summed E-state index contributed by atoms with van der Waals surface area (Å²) in [7, 11) is 1.27. The summed E-state index contributed by atoms with van der Waals surface area (Å²) in [5.41, 5.74) is -0.593. The topological polar surface area (TPSA) is 84.9 Å². The summed E-state index contributed by atoms with van der Waals surface area (Å²) in [5.74, 6) is -0.706. The maximum atomic E-state index is 11.7. The van der Waals surface area contributed by atoms with E-state index >= 15 is 0 Å². The number of hydrogen-bond donors (Lipinski definition) is 1. The summed E-state index contributed by atoms with van der Waals surface area (Å²) in [6.45, 7) is 6.95. The summed E-state index contributed by atoms with van der Waals surface area (Å²) in [4.78, 5) is 36.2. The van der Waals surface area contributed by atoms with Crippen LogP contribution in [0, 0.1) is 0 Å². The molecule has 0 aromatic carbocycles. The predicted molar refractivity (Wildman–Crippen MR) is 71.0 cm³/mol. The molecule has 1 fully saturated rings. The quantitative estimate of drug-likeness (QED) is 0.754. The minimum absolute atomic E-state index is 0.228. The average molecular weight is 286 g/mol. The van der Waals surface area contributed by atoms with Crippen molar-refractivity contribution < 1.29 is 23.9 Å². The van der Waals surface area contributed by atoms with Gasteiger partial charge < -0.3 is 19.7 Å². The van der Waals surface area contributed by atoms with Crippen LogP contribution in [0.4, 0.5) is 4.79 Å². The Morgan fingerprint density at radius 1 is 1.25 bits per heavy atom. The Morgan fingerprint density at radius 2 is 1.85 bits per heavy atom. The lowest BCUT2D eigenvalue weighted by molar-refractivity contribution is -0.150. The maximum absolute atomic E-state index is 11.7. The van der Waals surface area contributed by atoms with Crippen molar-refractivity contribution in [2.24, 2.45) is 0 Å². The van der Waals surface area contributed by atoms with Crippen LogP contribution in [0.5, 0.6) is 0 Å². The standard InChI is InChI=1S/C13H22N2O5/c1-8(16)15-7-9(6-10(15)11(17)19-5)14-12(18)20-13(2,3)4/h9-10H,6-7H2,1-5H3,(H,14,18)/t9-,10+/m1/s1. The zero-order valence-electron chi connectivity index (χ0n) is 12.6. The first-order valence-corrected chi connectivity index (χ1v) is 6.48. The minimum Gasteiger partial charge on any atom is -0.467 e. The number of rotatable bonds is 2. The van der Waals surface area contributed by atoms with E-state index < -0.39 is 23.7 Å². The highest BCUT2D eigenvalue weighted by Gasteiger charge is 2.40. The van der Waals surface area contributed by atoms with E-state index in [9.17, 15) is 14.4 Å². The van der Waals surface area contributed by atoms with Crippen LogP contribution in [-0.4, -0.2) is 54.2 Å². The molecule has 0 spiro atoms. The van der Waals surface area contributed by atoms with Gasteiger partial charge in [-0.3, -0.25) is 4.79 Å². The van der Waals surface area contributed by atoms with Gasteiger partial charge in [0, 0.05) is 19.9 Å². The minimum atomic E-state index is -0.655. The Kier molecular flexibility index (Phi) is 4.97. The highest BCUT2D eigenvalue weighted by atomic mass is 16.6. The highest BCUT2D eigenvalue weighted by molar-refractivity contribution is 5.84. The van der Waals surface area contributed by atoms with E-state index in [0.29, 0.717) is 6.42 Å². The molecule has 0 saturated carbocycles. The van der Waals surface area contributed by atoms with Gasteiger partial charge in [-0.1, -0.05) is 0 Å². The van der Waals surface area contributed by atoms with Crippen LogP contribution in [0.15, 0.2) is 0 Å². The van der Waals surface area contributed by atoms with Crippen LogP contribution in [-0.2, 0) is 19.1 Å². The Labute approximate surface area is 118 Å². The summed E-state index contributed by atoms with van der Waals surface area (Å²) in [6, 6.07) is -0.977. The molecular formula is C13H22N2O5. The number of nitrogens with zero attached hydrogens (tertiary/aromatic N) is 1. The molecule has 0 aromatic rings. The van der Waals surface area contributed by atoms with Crippen molar-refractivity contribution in [3.63, 3.8) is 0 Å². The van der Waals surface area contributed by atoms with Gasteiger partial charge in [0.25, 0.3) is 0 Å². The van der Waals surface area contributed by atoms with Gasteiger partial charge in [0.2, 0.25) is 5.91 Å². The third kappa shape index (κ3) is 4.40. The molecule has 20 heavy (non-hydrogen) atoms. The first-order valence-electron chi connectivity index (χ1n) is 6.48. The molecule has 1 heterocycles. The zero-order valence-corrected chi connectivity index (χ0v) is 12.6. The van der Waals surface area contributed by atoms with E-state index in [-0.39, 0.29) is 18.5 Å². The van der Waals surface area contributed by atoms with Gasteiger partial charge in [0.15, 0.2) is 0 Å². The lowest BCUT2D eigenvalue weighted by Crippen LogP contribution is -2.41. The van der Waals surface area contributed by atoms with Gasteiger partial charge in [-0.2, -0.15) is 0 Å². The van der Waals surface area contributed by atoms with Gasteiger partial charge in [-0.05, 0) is 20.8 Å². The second kappa shape index (κ2) is 6.11. The SMILES string of the molecule is COC(=O)[C@@H]1C[C@@H](NC(=O)OC(C)(C)C)CN1C(C)=O. The molecule has 0 unspecified atom stereocenters. The molecule has 1 N–H and O–H groups in total. The number of likely N-dealkylation sites (tertiary alicyclic amines) is 1. The van der Waals surface area contributed by atoms with Gasteiger partial charge >= 0.3 is 12.1 Å². The van der Waals surface area contributed by atoms with Crippen molar-refractivity contribution >= 4 is 18.0 Å². The number of hydrogen-bond acceptors (Lipinski definition) is 5. The molecule has 0 aliphatic carbocycles. The van der Waals surface area contributed by atoms with Crippen LogP contribution >= 0.6 is 0 Å². The second-order valence-corrected chi connectivity index (χ2v) is 5.79. The fraction of sp³-hybridized carbons (Fsp3) is 0.769. The van der Waals surface area contributed by atoms with Gasteiger partial charge in [0.1, 0.15) is 11.6 Å². The van der Waals surface area contributed by atoms with Crippen LogP contribution < -0.4 is 5.32 Å². The lowest BCUT2D eigenvalue weighted by Gasteiger charge is -2.22. The predicted octanol–water partition coefficient (Wildman–Crippen LogP) is 0.673. The van der Waals surface area contributed by atoms with E-state index in [2.05, 4.69) is 10.1 Å². The lowest BCUT2D eigenvalue weighted by atomic mass is 10.1. The number of methoxy groups -OCH3 is 1. The van der Waals surface area contributed by atoms with Crippen LogP contribution in [0.3, 0.4) is 0 Å². The van der Waals surface area contributed by atoms with Gasteiger partial charge in [0.05, 0.1) is 13.2 Å². The molecular weight excluding hydrogens is 264 g/mol. The van der Waals surface area contributed by atoms with E-state index in [0.717, 1.165) is 0 Å². The smallest absolute Gasteiger partial charge is 0.407 e. The van der Waals surface area contributed by atoms with Crippen molar-refractivity contribution in [3.8, 4) is 0 Å². The molecule has 2 amide bonds. The van der Waals surface area contributed by atoms with E-state index in [1.54, 1.807) is 20.8 Å². The highest BCUT2D eigenvalue weighted by Crippen LogP contribution is 2.20. The molecule has 114 valence electrons. The summed E-state index contributed by atoms with van der Waals surface area (Å²) in [6.07, 6.45) is -0.234. The largest absolute Gasteiger partial charge is 0.467 e. The second-order valence-electron chi connectivity index (χ2n) is 5.79. The number of nitrogens with one attached hydrogen (secondary N) is 1. The van der Waals surface area contributed by atoms with Crippen LogP contribution in [0.2, 0.25) is 0 Å². The average Bonchev–Trinajstić information content (AvgIpc) is 2.69. The first-order chi connectivity index (χ1) is 9.14. The third-order valence-corrected chi connectivity index (χ3v) is 2.90. The number of esters is 1. The Balaban J connectivity index is 2.64. The number of ether oxygens (including phenoxy) is 2. The molecule has 1 aliphatic heterocycles. The monoisotopic (exact) mass is 286 g/mol.